The molecule has 2 heteroatoms. The zero-order valence-corrected chi connectivity index (χ0v) is 9.89. The number of pyridine rings is 1. The minimum Gasteiger partial charge on any atom is -0.307 e. The summed E-state index contributed by atoms with van der Waals surface area (Å²) in [5.74, 6) is 1.94. The van der Waals surface area contributed by atoms with Gasteiger partial charge in [0.1, 0.15) is 0 Å². The SMILES string of the molecule is C[C@H](NC(C1CC1)C1CC1)c1ccncc1. The monoisotopic (exact) mass is 216 g/mol. The molecule has 1 atom stereocenters. The molecule has 0 saturated heterocycles. The molecule has 0 bridgehead atoms. The van der Waals surface area contributed by atoms with Gasteiger partial charge in [0, 0.05) is 24.5 Å². The lowest BCUT2D eigenvalue weighted by molar-refractivity contribution is 0.377. The molecule has 16 heavy (non-hydrogen) atoms. The van der Waals surface area contributed by atoms with Crippen molar-refractivity contribution in [2.24, 2.45) is 11.8 Å². The van der Waals surface area contributed by atoms with Gasteiger partial charge in [0.25, 0.3) is 0 Å². The molecule has 0 aromatic carbocycles. The second kappa shape index (κ2) is 4.17. The molecule has 1 aromatic heterocycles. The topological polar surface area (TPSA) is 24.9 Å². The molecule has 2 aliphatic carbocycles. The summed E-state index contributed by atoms with van der Waals surface area (Å²) in [6.07, 6.45) is 9.54. The molecular formula is C14H20N2. The Labute approximate surface area is 97.5 Å². The van der Waals surface area contributed by atoms with Gasteiger partial charge >= 0.3 is 0 Å². The highest BCUT2D eigenvalue weighted by atomic mass is 15.0. The molecule has 2 aliphatic rings. The molecular weight excluding hydrogens is 196 g/mol. The average Bonchev–Trinajstić information content (AvgIpc) is 3.19. The van der Waals surface area contributed by atoms with E-state index in [0.717, 1.165) is 17.9 Å². The maximum atomic E-state index is 4.07. The summed E-state index contributed by atoms with van der Waals surface area (Å²) < 4.78 is 0. The van der Waals surface area contributed by atoms with Crippen molar-refractivity contribution < 1.29 is 0 Å². The van der Waals surface area contributed by atoms with Crippen LogP contribution < -0.4 is 5.32 Å². The van der Waals surface area contributed by atoms with Crippen molar-refractivity contribution in [1.29, 1.82) is 0 Å². The van der Waals surface area contributed by atoms with Crippen molar-refractivity contribution in [3.63, 3.8) is 0 Å². The van der Waals surface area contributed by atoms with Gasteiger partial charge in [0.2, 0.25) is 0 Å². The first-order chi connectivity index (χ1) is 7.84. The molecule has 2 fully saturated rings. The van der Waals surface area contributed by atoms with Crippen LogP contribution in [0.4, 0.5) is 0 Å². The summed E-state index contributed by atoms with van der Waals surface area (Å²) >= 11 is 0. The van der Waals surface area contributed by atoms with Gasteiger partial charge in [0.05, 0.1) is 0 Å². The summed E-state index contributed by atoms with van der Waals surface area (Å²) in [4.78, 5) is 4.07. The van der Waals surface area contributed by atoms with Gasteiger partial charge in [0.15, 0.2) is 0 Å². The number of nitrogens with one attached hydrogen (secondary N) is 1. The maximum Gasteiger partial charge on any atom is 0.0295 e. The van der Waals surface area contributed by atoms with Crippen LogP contribution in [0, 0.1) is 11.8 Å². The zero-order chi connectivity index (χ0) is 11.0. The number of hydrogen-bond donors (Lipinski definition) is 1. The van der Waals surface area contributed by atoms with E-state index in [9.17, 15) is 0 Å². The van der Waals surface area contributed by atoms with Crippen LogP contribution in [-0.2, 0) is 0 Å². The molecule has 1 aromatic rings. The smallest absolute Gasteiger partial charge is 0.0295 e. The second-order valence-electron chi connectivity index (χ2n) is 5.37. The molecule has 1 N–H and O–H groups in total. The van der Waals surface area contributed by atoms with Crippen LogP contribution in [0.15, 0.2) is 24.5 Å². The lowest BCUT2D eigenvalue weighted by Gasteiger charge is -2.23. The van der Waals surface area contributed by atoms with E-state index in [1.165, 1.54) is 31.2 Å². The van der Waals surface area contributed by atoms with Gasteiger partial charge in [-0.15, -0.1) is 0 Å². The Morgan fingerprint density at radius 2 is 1.69 bits per heavy atom. The fourth-order valence-electron chi connectivity index (χ4n) is 2.60. The van der Waals surface area contributed by atoms with Gasteiger partial charge in [-0.3, -0.25) is 4.98 Å². The molecule has 3 rings (SSSR count). The van der Waals surface area contributed by atoms with Crippen LogP contribution in [-0.4, -0.2) is 11.0 Å². The predicted molar refractivity (Wildman–Crippen MR) is 65.0 cm³/mol. The first-order valence-electron chi connectivity index (χ1n) is 6.50. The van der Waals surface area contributed by atoms with Gasteiger partial charge in [-0.1, -0.05) is 0 Å². The summed E-state index contributed by atoms with van der Waals surface area (Å²) in [7, 11) is 0. The van der Waals surface area contributed by atoms with Crippen LogP contribution in [0.2, 0.25) is 0 Å². The molecule has 0 spiro atoms. The average molecular weight is 216 g/mol. The highest BCUT2D eigenvalue weighted by Gasteiger charge is 2.41. The third-order valence-corrected chi connectivity index (χ3v) is 3.91. The molecule has 1 heterocycles. The van der Waals surface area contributed by atoms with Crippen LogP contribution in [0.5, 0.6) is 0 Å². The van der Waals surface area contributed by atoms with Crippen LogP contribution >= 0.6 is 0 Å². The molecule has 0 unspecified atom stereocenters. The van der Waals surface area contributed by atoms with Gasteiger partial charge in [-0.05, 0) is 62.1 Å². The Morgan fingerprint density at radius 1 is 1.12 bits per heavy atom. The quantitative estimate of drug-likeness (QED) is 0.818. The minimum absolute atomic E-state index is 0.467. The fraction of sp³-hybridized carbons (Fsp3) is 0.643. The molecule has 0 aliphatic heterocycles. The number of aromatic nitrogens is 1. The van der Waals surface area contributed by atoms with Crippen molar-refractivity contribution in [2.75, 3.05) is 0 Å². The highest BCUT2D eigenvalue weighted by Crippen LogP contribution is 2.45. The Bertz CT molecular complexity index is 329. The highest BCUT2D eigenvalue weighted by molar-refractivity contribution is 5.15. The molecule has 0 amide bonds. The third-order valence-electron chi connectivity index (χ3n) is 3.91. The largest absolute Gasteiger partial charge is 0.307 e. The van der Waals surface area contributed by atoms with Gasteiger partial charge in [-0.25, -0.2) is 0 Å². The number of hydrogen-bond acceptors (Lipinski definition) is 2. The van der Waals surface area contributed by atoms with E-state index >= 15 is 0 Å². The van der Waals surface area contributed by atoms with Crippen LogP contribution in [0.3, 0.4) is 0 Å². The van der Waals surface area contributed by atoms with Gasteiger partial charge < -0.3 is 5.32 Å². The van der Waals surface area contributed by atoms with Crippen LogP contribution in [0.25, 0.3) is 0 Å². The van der Waals surface area contributed by atoms with Crippen molar-refractivity contribution in [2.45, 2.75) is 44.7 Å². The number of rotatable bonds is 5. The first-order valence-corrected chi connectivity index (χ1v) is 6.50. The summed E-state index contributed by atoms with van der Waals surface area (Å²) in [6.45, 7) is 2.27. The Morgan fingerprint density at radius 3 is 2.19 bits per heavy atom. The Kier molecular flexibility index (Phi) is 2.68. The van der Waals surface area contributed by atoms with Crippen LogP contribution in [0.1, 0.15) is 44.2 Å². The molecule has 0 radical (unpaired) electrons. The minimum atomic E-state index is 0.467. The Hall–Kier alpha value is -0.890. The lowest BCUT2D eigenvalue weighted by Crippen LogP contribution is -2.35. The van der Waals surface area contributed by atoms with E-state index in [-0.39, 0.29) is 0 Å². The van der Waals surface area contributed by atoms with E-state index in [4.69, 9.17) is 0 Å². The van der Waals surface area contributed by atoms with Crippen molar-refractivity contribution in [1.82, 2.24) is 10.3 Å². The van der Waals surface area contributed by atoms with E-state index < -0.39 is 0 Å². The van der Waals surface area contributed by atoms with Gasteiger partial charge in [-0.2, -0.15) is 0 Å². The standard InChI is InChI=1S/C14H20N2/c1-10(11-6-8-15-9-7-11)16-14(12-2-3-12)13-4-5-13/h6-10,12-14,16H,2-5H2,1H3/t10-/m0/s1. The fourth-order valence-corrected chi connectivity index (χ4v) is 2.60. The molecule has 2 nitrogen and oxygen atoms in total. The van der Waals surface area contributed by atoms with Crippen molar-refractivity contribution in [3.05, 3.63) is 30.1 Å². The Balaban J connectivity index is 1.64. The van der Waals surface area contributed by atoms with Crippen molar-refractivity contribution in [3.8, 4) is 0 Å². The van der Waals surface area contributed by atoms with Crippen molar-refractivity contribution >= 4 is 0 Å². The van der Waals surface area contributed by atoms with E-state index in [2.05, 4.69) is 29.4 Å². The summed E-state index contributed by atoms with van der Waals surface area (Å²) in [5.41, 5.74) is 1.36. The summed E-state index contributed by atoms with van der Waals surface area (Å²) in [5, 5.41) is 3.83. The van der Waals surface area contributed by atoms with E-state index in [1.54, 1.807) is 0 Å². The number of nitrogens with zero attached hydrogens (tertiary/aromatic N) is 1. The predicted octanol–water partition coefficient (Wildman–Crippen LogP) is 2.92. The maximum absolute atomic E-state index is 4.07. The van der Waals surface area contributed by atoms with E-state index in [1.807, 2.05) is 12.4 Å². The second-order valence-corrected chi connectivity index (χ2v) is 5.37. The lowest BCUT2D eigenvalue weighted by atomic mass is 10.0. The summed E-state index contributed by atoms with van der Waals surface area (Å²) in [6, 6.07) is 5.49. The van der Waals surface area contributed by atoms with E-state index in [0.29, 0.717) is 6.04 Å². The third kappa shape index (κ3) is 2.27. The normalized spacial score (nSPS) is 22.4. The molecule has 86 valence electrons. The zero-order valence-electron chi connectivity index (χ0n) is 9.89. The molecule has 2 saturated carbocycles. The first kappa shape index (κ1) is 10.3.